The highest BCUT2D eigenvalue weighted by Crippen LogP contribution is 2.22. The van der Waals surface area contributed by atoms with Crippen LogP contribution in [-0.4, -0.2) is 42.2 Å². The lowest BCUT2D eigenvalue weighted by Gasteiger charge is -2.22. The van der Waals surface area contributed by atoms with Crippen LogP contribution in [0.25, 0.3) is 0 Å². The van der Waals surface area contributed by atoms with Crippen molar-refractivity contribution in [2.45, 2.75) is 32.1 Å². The molecule has 3 nitrogen and oxygen atoms in total. The molecule has 1 aromatic rings. The average molecular weight is 243 g/mol. The number of likely N-dealkylation sites (N-methyl/N-ethyl adjacent to an activating group) is 1. The monoisotopic (exact) mass is 243 g/mol. The summed E-state index contributed by atoms with van der Waals surface area (Å²) in [6.45, 7) is 4.17. The van der Waals surface area contributed by atoms with Crippen molar-refractivity contribution in [3.63, 3.8) is 0 Å². The fourth-order valence-corrected chi connectivity index (χ4v) is 2.86. The van der Waals surface area contributed by atoms with Gasteiger partial charge < -0.3 is 5.32 Å². The normalized spacial score (nSPS) is 26.4. The number of aryl methyl sites for hydroxylation is 1. The predicted octanol–water partition coefficient (Wildman–Crippen LogP) is 1.58. The molecule has 0 aliphatic carbocycles. The maximum atomic E-state index is 13.4. The number of aromatic nitrogens is 1. The summed E-state index contributed by atoms with van der Waals surface area (Å²) in [7, 11) is 1.91. The van der Waals surface area contributed by atoms with Gasteiger partial charge in [0.2, 0.25) is 0 Å². The Labute approximate surface area is 99.7 Å². The van der Waals surface area contributed by atoms with E-state index < -0.39 is 6.17 Å². The Bertz CT molecular complexity index is 342. The molecular weight excluding hydrogens is 225 g/mol. The number of nitrogens with one attached hydrogen (secondary N) is 1. The van der Waals surface area contributed by atoms with E-state index in [9.17, 15) is 4.39 Å². The number of halogens is 1. The van der Waals surface area contributed by atoms with Gasteiger partial charge in [-0.05, 0) is 20.4 Å². The molecule has 5 heteroatoms. The molecule has 16 heavy (non-hydrogen) atoms. The molecule has 0 aromatic carbocycles. The van der Waals surface area contributed by atoms with E-state index in [1.54, 1.807) is 11.3 Å². The molecule has 1 aliphatic heterocycles. The third-order valence-electron chi connectivity index (χ3n) is 2.95. The molecule has 0 saturated carbocycles. The molecular formula is C11H18FN3S. The highest BCUT2D eigenvalue weighted by molar-refractivity contribution is 7.09. The van der Waals surface area contributed by atoms with E-state index in [1.165, 1.54) is 0 Å². The van der Waals surface area contributed by atoms with Crippen LogP contribution in [0.15, 0.2) is 5.38 Å². The van der Waals surface area contributed by atoms with Crippen LogP contribution < -0.4 is 5.32 Å². The second-order valence-corrected chi connectivity index (χ2v) is 5.39. The summed E-state index contributed by atoms with van der Waals surface area (Å²) in [4.78, 5) is 6.62. The number of hydrogen-bond acceptors (Lipinski definition) is 4. The molecule has 0 spiro atoms. The molecule has 0 bridgehead atoms. The predicted molar refractivity (Wildman–Crippen MR) is 64.5 cm³/mol. The minimum absolute atomic E-state index is 0.307. The third kappa shape index (κ3) is 2.78. The molecule has 2 atom stereocenters. The first-order chi connectivity index (χ1) is 7.69. The van der Waals surface area contributed by atoms with Crippen molar-refractivity contribution in [1.29, 1.82) is 0 Å². The Morgan fingerprint density at radius 1 is 1.69 bits per heavy atom. The zero-order valence-electron chi connectivity index (χ0n) is 9.74. The van der Waals surface area contributed by atoms with E-state index in [-0.39, 0.29) is 0 Å². The molecule has 0 unspecified atom stereocenters. The fraction of sp³-hybridized carbons (Fsp3) is 0.727. The lowest BCUT2D eigenvalue weighted by Crippen LogP contribution is -2.36. The van der Waals surface area contributed by atoms with Crippen LogP contribution in [0, 0.1) is 6.92 Å². The molecule has 1 saturated heterocycles. The zero-order valence-corrected chi connectivity index (χ0v) is 10.6. The summed E-state index contributed by atoms with van der Waals surface area (Å²) in [6.07, 6.45) is -0.0395. The van der Waals surface area contributed by atoms with Crippen molar-refractivity contribution in [1.82, 2.24) is 15.2 Å². The first kappa shape index (κ1) is 12.0. The van der Waals surface area contributed by atoms with Crippen molar-refractivity contribution in [2.24, 2.45) is 0 Å². The Morgan fingerprint density at radius 2 is 2.50 bits per heavy atom. The van der Waals surface area contributed by atoms with Crippen LogP contribution in [0.1, 0.15) is 17.1 Å². The summed E-state index contributed by atoms with van der Waals surface area (Å²) in [5, 5.41) is 6.27. The molecule has 1 N–H and O–H groups in total. The molecule has 0 radical (unpaired) electrons. The molecule has 2 rings (SSSR count). The van der Waals surface area contributed by atoms with Gasteiger partial charge in [-0.15, -0.1) is 11.3 Å². The minimum Gasteiger partial charge on any atom is -0.318 e. The van der Waals surface area contributed by atoms with Crippen LogP contribution in [0.5, 0.6) is 0 Å². The SMILES string of the molecule is CNC[C@@H]1C[C@H](F)CN1Cc1csc(C)n1. The zero-order chi connectivity index (χ0) is 11.5. The van der Waals surface area contributed by atoms with Gasteiger partial charge in [-0.2, -0.15) is 0 Å². The third-order valence-corrected chi connectivity index (χ3v) is 3.77. The van der Waals surface area contributed by atoms with E-state index >= 15 is 0 Å². The summed E-state index contributed by atoms with van der Waals surface area (Å²) >= 11 is 1.66. The Kier molecular flexibility index (Phi) is 3.89. The Balaban J connectivity index is 1.97. The van der Waals surface area contributed by atoms with Gasteiger partial charge in [0.25, 0.3) is 0 Å². The number of thiazole rings is 1. The van der Waals surface area contributed by atoms with E-state index in [0.717, 1.165) is 23.8 Å². The molecule has 0 amide bonds. The minimum atomic E-state index is -0.682. The van der Waals surface area contributed by atoms with Crippen molar-refractivity contribution in [3.8, 4) is 0 Å². The van der Waals surface area contributed by atoms with Crippen molar-refractivity contribution in [3.05, 3.63) is 16.1 Å². The average Bonchev–Trinajstić information content (AvgIpc) is 2.76. The smallest absolute Gasteiger partial charge is 0.114 e. The van der Waals surface area contributed by atoms with Crippen LogP contribution in [0.2, 0.25) is 0 Å². The van der Waals surface area contributed by atoms with Gasteiger partial charge in [0.1, 0.15) is 6.17 Å². The van der Waals surface area contributed by atoms with Crippen molar-refractivity contribution in [2.75, 3.05) is 20.1 Å². The number of likely N-dealkylation sites (tertiary alicyclic amines) is 1. The van der Waals surface area contributed by atoms with E-state index in [1.807, 2.05) is 14.0 Å². The number of hydrogen-bond donors (Lipinski definition) is 1. The number of rotatable bonds is 4. The molecule has 90 valence electrons. The Morgan fingerprint density at radius 3 is 3.12 bits per heavy atom. The largest absolute Gasteiger partial charge is 0.318 e. The molecule has 1 aliphatic rings. The highest BCUT2D eigenvalue weighted by Gasteiger charge is 2.31. The second kappa shape index (κ2) is 5.21. The first-order valence-electron chi connectivity index (χ1n) is 5.62. The quantitative estimate of drug-likeness (QED) is 0.870. The van der Waals surface area contributed by atoms with Gasteiger partial charge in [-0.1, -0.05) is 0 Å². The lowest BCUT2D eigenvalue weighted by atomic mass is 10.2. The number of alkyl halides is 1. The second-order valence-electron chi connectivity index (χ2n) is 4.33. The van der Waals surface area contributed by atoms with Gasteiger partial charge >= 0.3 is 0 Å². The first-order valence-corrected chi connectivity index (χ1v) is 6.50. The molecule has 1 aromatic heterocycles. The van der Waals surface area contributed by atoms with Gasteiger partial charge in [-0.25, -0.2) is 9.37 Å². The van der Waals surface area contributed by atoms with Crippen molar-refractivity contribution >= 4 is 11.3 Å². The summed E-state index contributed by atoms with van der Waals surface area (Å²) in [5.41, 5.74) is 1.07. The maximum Gasteiger partial charge on any atom is 0.114 e. The van der Waals surface area contributed by atoms with Crippen LogP contribution in [0.4, 0.5) is 4.39 Å². The van der Waals surface area contributed by atoms with Gasteiger partial charge in [-0.3, -0.25) is 4.90 Å². The highest BCUT2D eigenvalue weighted by atomic mass is 32.1. The molecule has 2 heterocycles. The van der Waals surface area contributed by atoms with E-state index in [0.29, 0.717) is 19.0 Å². The van der Waals surface area contributed by atoms with Crippen LogP contribution in [0.3, 0.4) is 0 Å². The fourth-order valence-electron chi connectivity index (χ4n) is 2.25. The number of nitrogens with zero attached hydrogens (tertiary/aromatic N) is 2. The van der Waals surface area contributed by atoms with Gasteiger partial charge in [0.15, 0.2) is 0 Å². The van der Waals surface area contributed by atoms with Gasteiger partial charge in [0, 0.05) is 31.1 Å². The standard InChI is InChI=1S/C11H18FN3S/c1-8-14-10(7-16-8)6-15-5-9(12)3-11(15)4-13-2/h7,9,11,13H,3-6H2,1-2H3/t9-,11-/m0/s1. The van der Waals surface area contributed by atoms with Crippen LogP contribution >= 0.6 is 11.3 Å². The summed E-state index contributed by atoms with van der Waals surface area (Å²) in [6, 6.07) is 0.307. The lowest BCUT2D eigenvalue weighted by molar-refractivity contribution is 0.230. The van der Waals surface area contributed by atoms with E-state index in [2.05, 4.69) is 20.6 Å². The Hall–Kier alpha value is -0.520. The van der Waals surface area contributed by atoms with Gasteiger partial charge in [0.05, 0.1) is 10.7 Å². The molecule has 1 fully saturated rings. The maximum absolute atomic E-state index is 13.4. The van der Waals surface area contributed by atoms with E-state index in [4.69, 9.17) is 0 Å². The topological polar surface area (TPSA) is 28.2 Å². The summed E-state index contributed by atoms with van der Waals surface area (Å²) in [5.74, 6) is 0. The summed E-state index contributed by atoms with van der Waals surface area (Å²) < 4.78 is 13.4. The van der Waals surface area contributed by atoms with Crippen LogP contribution in [-0.2, 0) is 6.54 Å². The van der Waals surface area contributed by atoms with Crippen molar-refractivity contribution < 1.29 is 4.39 Å².